The third kappa shape index (κ3) is 2.98. The van der Waals surface area contributed by atoms with Gasteiger partial charge in [-0.1, -0.05) is 143 Å². The number of halogens is 1. The fraction of sp³-hybridized carbons (Fsp3) is 0.0233. The molecular weight excluding hydrogens is 596 g/mol. The number of fused-ring (bicyclic) bond motifs is 18. The smallest absolute Gasteiger partial charge is 0.0619 e. The van der Waals surface area contributed by atoms with Crippen molar-refractivity contribution in [1.29, 1.82) is 0 Å². The molecule has 1 atom stereocenters. The summed E-state index contributed by atoms with van der Waals surface area (Å²) in [5.74, 6) is 0. The van der Waals surface area contributed by atoms with Crippen molar-refractivity contribution in [3.8, 4) is 33.4 Å². The van der Waals surface area contributed by atoms with Crippen LogP contribution in [0.5, 0.6) is 0 Å². The van der Waals surface area contributed by atoms with Gasteiger partial charge in [0.15, 0.2) is 0 Å². The zero-order chi connectivity index (χ0) is 29.0. The summed E-state index contributed by atoms with van der Waals surface area (Å²) in [6.45, 7) is 0. The summed E-state index contributed by atoms with van der Waals surface area (Å²) in [6, 6.07) is 56.9. The molecule has 8 aromatic rings. The molecule has 0 fully saturated rings. The standard InChI is InChI=1S/C43H25Br/c44-26-21-22-41-37(23-26)32-16-6-3-13-29(32)33-17-7-9-19-39(33)43(41)40-20-10-8-18-34(40)38-24-35-30-14-4-1-11-27(30)28-12-2-5-15-31(28)36(35)25-42(38)43/h1-25H. The van der Waals surface area contributed by atoms with Crippen LogP contribution in [0, 0.1) is 0 Å². The normalized spacial score (nSPS) is 15.9. The van der Waals surface area contributed by atoms with E-state index in [1.807, 2.05) is 0 Å². The molecule has 10 rings (SSSR count). The largest absolute Gasteiger partial charge is 0.0725 e. The van der Waals surface area contributed by atoms with Crippen LogP contribution >= 0.6 is 15.9 Å². The Kier molecular flexibility index (Phi) is 4.88. The molecule has 0 heterocycles. The average molecular weight is 622 g/mol. The van der Waals surface area contributed by atoms with Crippen LogP contribution in [0.1, 0.15) is 22.3 Å². The summed E-state index contributed by atoms with van der Waals surface area (Å²) in [5, 5.41) is 7.84. The van der Waals surface area contributed by atoms with E-state index in [0.717, 1.165) is 4.47 Å². The zero-order valence-electron chi connectivity index (χ0n) is 23.8. The Morgan fingerprint density at radius 3 is 1.32 bits per heavy atom. The van der Waals surface area contributed by atoms with E-state index in [9.17, 15) is 0 Å². The lowest BCUT2D eigenvalue weighted by Gasteiger charge is -2.35. The van der Waals surface area contributed by atoms with E-state index in [-0.39, 0.29) is 0 Å². The third-order valence-electron chi connectivity index (χ3n) is 10.1. The second-order valence-electron chi connectivity index (χ2n) is 12.1. The maximum absolute atomic E-state index is 3.85. The van der Waals surface area contributed by atoms with Gasteiger partial charge in [-0.3, -0.25) is 0 Å². The summed E-state index contributed by atoms with van der Waals surface area (Å²) < 4.78 is 1.09. The molecule has 2 aliphatic carbocycles. The Balaban J connectivity index is 1.47. The van der Waals surface area contributed by atoms with Gasteiger partial charge in [0.1, 0.15) is 0 Å². The molecule has 0 saturated carbocycles. The van der Waals surface area contributed by atoms with Gasteiger partial charge in [0.2, 0.25) is 0 Å². The Hall–Kier alpha value is -4.98. The Morgan fingerprint density at radius 2 is 0.705 bits per heavy atom. The van der Waals surface area contributed by atoms with E-state index in [1.165, 1.54) is 88.0 Å². The van der Waals surface area contributed by atoms with Crippen LogP contribution in [0.4, 0.5) is 0 Å². The second-order valence-corrected chi connectivity index (χ2v) is 13.0. The minimum atomic E-state index is -0.488. The molecular formula is C43H25Br. The number of hydrogen-bond donors (Lipinski definition) is 0. The first-order chi connectivity index (χ1) is 21.7. The van der Waals surface area contributed by atoms with Crippen molar-refractivity contribution < 1.29 is 0 Å². The molecule has 0 saturated heterocycles. The monoisotopic (exact) mass is 620 g/mol. The van der Waals surface area contributed by atoms with Crippen LogP contribution in [-0.2, 0) is 5.41 Å². The molecule has 0 aromatic heterocycles. The minimum Gasteiger partial charge on any atom is -0.0619 e. The van der Waals surface area contributed by atoms with E-state index < -0.39 is 5.41 Å². The van der Waals surface area contributed by atoms with Gasteiger partial charge in [-0.2, -0.15) is 0 Å². The van der Waals surface area contributed by atoms with E-state index in [4.69, 9.17) is 0 Å². The molecule has 1 unspecified atom stereocenters. The zero-order valence-corrected chi connectivity index (χ0v) is 25.4. The Labute approximate surface area is 264 Å². The van der Waals surface area contributed by atoms with Crippen molar-refractivity contribution in [1.82, 2.24) is 0 Å². The van der Waals surface area contributed by atoms with Crippen molar-refractivity contribution in [2.45, 2.75) is 5.41 Å². The lowest BCUT2D eigenvalue weighted by molar-refractivity contribution is 0.776. The topological polar surface area (TPSA) is 0 Å². The van der Waals surface area contributed by atoms with E-state index >= 15 is 0 Å². The van der Waals surface area contributed by atoms with Crippen molar-refractivity contribution >= 4 is 48.2 Å². The van der Waals surface area contributed by atoms with E-state index in [2.05, 4.69) is 168 Å². The second kappa shape index (κ2) is 8.78. The molecule has 8 aromatic carbocycles. The van der Waals surface area contributed by atoms with Gasteiger partial charge in [0, 0.05) is 4.47 Å². The molecule has 1 heteroatoms. The fourth-order valence-electron chi connectivity index (χ4n) is 8.46. The highest BCUT2D eigenvalue weighted by Gasteiger charge is 2.49. The van der Waals surface area contributed by atoms with Crippen LogP contribution in [-0.4, -0.2) is 0 Å². The lowest BCUT2D eigenvalue weighted by atomic mass is 9.65. The highest BCUT2D eigenvalue weighted by atomic mass is 79.9. The van der Waals surface area contributed by atoms with Crippen molar-refractivity contribution in [3.63, 3.8) is 0 Å². The highest BCUT2D eigenvalue weighted by Crippen LogP contribution is 2.62. The molecule has 0 amide bonds. The quantitative estimate of drug-likeness (QED) is 0.148. The first-order valence-corrected chi connectivity index (χ1v) is 16.0. The summed E-state index contributed by atoms with van der Waals surface area (Å²) >= 11 is 3.85. The molecule has 0 aliphatic heterocycles. The maximum atomic E-state index is 3.85. The van der Waals surface area contributed by atoms with E-state index in [0.29, 0.717) is 0 Å². The van der Waals surface area contributed by atoms with Crippen LogP contribution in [0.3, 0.4) is 0 Å². The SMILES string of the molecule is Brc1ccc2c(c1)-c1ccccc1-c1ccccc1C21c2ccccc2-c2cc3c4ccccc4c4ccccc4c3cc21. The van der Waals surface area contributed by atoms with Crippen LogP contribution in [0.15, 0.2) is 156 Å². The molecule has 204 valence electrons. The summed E-state index contributed by atoms with van der Waals surface area (Å²) in [4.78, 5) is 0. The summed E-state index contributed by atoms with van der Waals surface area (Å²) in [6.07, 6.45) is 0. The van der Waals surface area contributed by atoms with Gasteiger partial charge >= 0.3 is 0 Å². The lowest BCUT2D eigenvalue weighted by Crippen LogP contribution is -2.29. The molecule has 44 heavy (non-hydrogen) atoms. The molecule has 1 spiro atoms. The first kappa shape index (κ1) is 24.5. The predicted molar refractivity (Wildman–Crippen MR) is 188 cm³/mol. The van der Waals surface area contributed by atoms with E-state index in [1.54, 1.807) is 0 Å². The van der Waals surface area contributed by atoms with Gasteiger partial charge in [-0.05, 0) is 112 Å². The minimum absolute atomic E-state index is 0.488. The van der Waals surface area contributed by atoms with Gasteiger partial charge < -0.3 is 0 Å². The van der Waals surface area contributed by atoms with Gasteiger partial charge in [-0.15, -0.1) is 0 Å². The highest BCUT2D eigenvalue weighted by molar-refractivity contribution is 9.10. The molecule has 0 radical (unpaired) electrons. The van der Waals surface area contributed by atoms with Crippen molar-refractivity contribution in [3.05, 3.63) is 178 Å². The fourth-order valence-corrected chi connectivity index (χ4v) is 8.82. The van der Waals surface area contributed by atoms with Crippen molar-refractivity contribution in [2.75, 3.05) is 0 Å². The molecule has 0 N–H and O–H groups in total. The first-order valence-electron chi connectivity index (χ1n) is 15.2. The third-order valence-corrected chi connectivity index (χ3v) is 10.6. The Bertz CT molecular complexity index is 2520. The molecule has 0 bridgehead atoms. The average Bonchev–Trinajstić information content (AvgIpc) is 3.32. The van der Waals surface area contributed by atoms with Gasteiger partial charge in [0.25, 0.3) is 0 Å². The van der Waals surface area contributed by atoms with Crippen LogP contribution in [0.2, 0.25) is 0 Å². The van der Waals surface area contributed by atoms with Gasteiger partial charge in [-0.25, -0.2) is 0 Å². The predicted octanol–water partition coefficient (Wildman–Crippen LogP) is 11.9. The van der Waals surface area contributed by atoms with Crippen molar-refractivity contribution in [2.24, 2.45) is 0 Å². The summed E-state index contributed by atoms with van der Waals surface area (Å²) in [7, 11) is 0. The molecule has 2 aliphatic rings. The maximum Gasteiger partial charge on any atom is 0.0725 e. The van der Waals surface area contributed by atoms with Gasteiger partial charge in [0.05, 0.1) is 5.41 Å². The number of rotatable bonds is 0. The number of benzene rings is 8. The van der Waals surface area contributed by atoms with Crippen LogP contribution in [0.25, 0.3) is 65.7 Å². The Morgan fingerprint density at radius 1 is 0.295 bits per heavy atom. The summed E-state index contributed by atoms with van der Waals surface area (Å²) in [5.41, 5.74) is 12.6. The number of hydrogen-bond acceptors (Lipinski definition) is 0. The molecule has 0 nitrogen and oxygen atoms in total. The van der Waals surface area contributed by atoms with Crippen LogP contribution < -0.4 is 0 Å².